The van der Waals surface area contributed by atoms with Crippen molar-refractivity contribution in [1.82, 2.24) is 4.90 Å². The Morgan fingerprint density at radius 2 is 2.10 bits per heavy atom. The number of carbonyl (C=O) groups excluding carboxylic acids is 1. The maximum atomic E-state index is 12.1. The van der Waals surface area contributed by atoms with E-state index in [0.29, 0.717) is 10.2 Å². The van der Waals surface area contributed by atoms with Crippen LogP contribution in [0.2, 0.25) is 0 Å². The SMILES string of the molecule is CCCC(C)N(C)C(=O)Nc1ccc(Br)c(C(=O)O)c1. The lowest BCUT2D eigenvalue weighted by Crippen LogP contribution is -2.38. The molecule has 0 aliphatic carbocycles. The zero-order valence-corrected chi connectivity index (χ0v) is 13.4. The van der Waals surface area contributed by atoms with Crippen molar-refractivity contribution in [1.29, 1.82) is 0 Å². The van der Waals surface area contributed by atoms with Crippen LogP contribution in [0, 0.1) is 0 Å². The molecular formula is C14H19BrN2O3. The number of nitrogens with zero attached hydrogens (tertiary/aromatic N) is 1. The number of hydrogen-bond donors (Lipinski definition) is 2. The molecule has 1 rings (SSSR count). The summed E-state index contributed by atoms with van der Waals surface area (Å²) in [5.74, 6) is -1.04. The van der Waals surface area contributed by atoms with E-state index in [4.69, 9.17) is 5.11 Å². The second-order valence-electron chi connectivity index (χ2n) is 4.68. The molecule has 0 heterocycles. The highest BCUT2D eigenvalue weighted by Gasteiger charge is 2.16. The number of amides is 2. The van der Waals surface area contributed by atoms with Gasteiger partial charge in [0.25, 0.3) is 0 Å². The normalized spacial score (nSPS) is 11.8. The van der Waals surface area contributed by atoms with Gasteiger partial charge in [0.2, 0.25) is 0 Å². The standard InChI is InChI=1S/C14H19BrN2O3/c1-4-5-9(2)17(3)14(20)16-10-6-7-12(15)11(8-10)13(18)19/h6-9H,4-5H2,1-3H3,(H,16,20)(H,18,19). The van der Waals surface area contributed by atoms with Gasteiger partial charge in [-0.3, -0.25) is 0 Å². The van der Waals surface area contributed by atoms with Gasteiger partial charge in [-0.25, -0.2) is 9.59 Å². The van der Waals surface area contributed by atoms with Crippen molar-refractivity contribution < 1.29 is 14.7 Å². The molecule has 0 aliphatic rings. The molecule has 0 aliphatic heterocycles. The van der Waals surface area contributed by atoms with Gasteiger partial charge in [-0.05, 0) is 47.5 Å². The van der Waals surface area contributed by atoms with Crippen molar-refractivity contribution in [3.05, 3.63) is 28.2 Å². The minimum absolute atomic E-state index is 0.118. The van der Waals surface area contributed by atoms with Crippen LogP contribution in [-0.4, -0.2) is 35.1 Å². The Labute approximate surface area is 127 Å². The van der Waals surface area contributed by atoms with Crippen LogP contribution >= 0.6 is 15.9 Å². The summed E-state index contributed by atoms with van der Waals surface area (Å²) >= 11 is 3.17. The summed E-state index contributed by atoms with van der Waals surface area (Å²) in [5.41, 5.74) is 0.582. The average Bonchev–Trinajstić information content (AvgIpc) is 2.39. The molecule has 20 heavy (non-hydrogen) atoms. The molecule has 0 saturated heterocycles. The summed E-state index contributed by atoms with van der Waals surface area (Å²) in [7, 11) is 1.73. The number of anilines is 1. The quantitative estimate of drug-likeness (QED) is 0.854. The smallest absolute Gasteiger partial charge is 0.336 e. The number of carbonyl (C=O) groups is 2. The predicted molar refractivity (Wildman–Crippen MR) is 82.3 cm³/mol. The molecule has 1 aromatic rings. The van der Waals surface area contributed by atoms with Crippen molar-refractivity contribution in [2.45, 2.75) is 32.7 Å². The van der Waals surface area contributed by atoms with E-state index in [1.54, 1.807) is 24.1 Å². The zero-order chi connectivity index (χ0) is 15.3. The van der Waals surface area contributed by atoms with Crippen LogP contribution in [0.15, 0.2) is 22.7 Å². The highest BCUT2D eigenvalue weighted by molar-refractivity contribution is 9.10. The molecule has 0 radical (unpaired) electrons. The van der Waals surface area contributed by atoms with E-state index in [1.807, 2.05) is 6.92 Å². The van der Waals surface area contributed by atoms with Crippen molar-refractivity contribution >= 4 is 33.6 Å². The summed E-state index contributed by atoms with van der Waals surface area (Å²) in [6, 6.07) is 4.59. The van der Waals surface area contributed by atoms with Gasteiger partial charge in [0.1, 0.15) is 0 Å². The highest BCUT2D eigenvalue weighted by atomic mass is 79.9. The minimum Gasteiger partial charge on any atom is -0.478 e. The maximum Gasteiger partial charge on any atom is 0.336 e. The van der Waals surface area contributed by atoms with Crippen LogP contribution in [-0.2, 0) is 0 Å². The largest absolute Gasteiger partial charge is 0.478 e. The molecular weight excluding hydrogens is 324 g/mol. The highest BCUT2D eigenvalue weighted by Crippen LogP contribution is 2.21. The molecule has 1 atom stereocenters. The van der Waals surface area contributed by atoms with E-state index in [2.05, 4.69) is 28.2 Å². The first kappa shape index (κ1) is 16.5. The number of nitrogens with one attached hydrogen (secondary N) is 1. The summed E-state index contributed by atoms with van der Waals surface area (Å²) in [6.45, 7) is 4.05. The molecule has 0 saturated carbocycles. The summed E-state index contributed by atoms with van der Waals surface area (Å²) < 4.78 is 0.482. The number of urea groups is 1. The summed E-state index contributed by atoms with van der Waals surface area (Å²) in [6.07, 6.45) is 1.92. The van der Waals surface area contributed by atoms with Crippen molar-refractivity contribution in [3.63, 3.8) is 0 Å². The van der Waals surface area contributed by atoms with Crippen LogP contribution in [0.1, 0.15) is 37.0 Å². The van der Waals surface area contributed by atoms with E-state index in [-0.39, 0.29) is 17.6 Å². The molecule has 5 nitrogen and oxygen atoms in total. The molecule has 6 heteroatoms. The molecule has 0 aromatic heterocycles. The first-order valence-electron chi connectivity index (χ1n) is 6.43. The Balaban J connectivity index is 2.80. The van der Waals surface area contributed by atoms with Gasteiger partial charge in [-0.1, -0.05) is 13.3 Å². The summed E-state index contributed by atoms with van der Waals surface area (Å²) in [4.78, 5) is 24.7. The molecule has 2 amide bonds. The number of carboxylic acid groups (broad SMARTS) is 1. The number of rotatable bonds is 5. The fraction of sp³-hybridized carbons (Fsp3) is 0.429. The van der Waals surface area contributed by atoms with E-state index in [1.165, 1.54) is 6.07 Å². The first-order valence-corrected chi connectivity index (χ1v) is 7.22. The lowest BCUT2D eigenvalue weighted by molar-refractivity contribution is 0.0696. The van der Waals surface area contributed by atoms with Gasteiger partial charge in [-0.15, -0.1) is 0 Å². The van der Waals surface area contributed by atoms with Crippen LogP contribution in [0.3, 0.4) is 0 Å². The molecule has 2 N–H and O–H groups in total. The third kappa shape index (κ3) is 4.23. The second kappa shape index (κ2) is 7.28. The molecule has 0 fully saturated rings. The number of halogens is 1. The van der Waals surface area contributed by atoms with Gasteiger partial charge in [0.05, 0.1) is 5.56 Å². The Kier molecular flexibility index (Phi) is 6.01. The Bertz CT molecular complexity index is 505. The van der Waals surface area contributed by atoms with Gasteiger partial charge < -0.3 is 15.3 Å². The maximum absolute atomic E-state index is 12.1. The predicted octanol–water partition coefficient (Wildman–Crippen LogP) is 3.80. The van der Waals surface area contributed by atoms with Gasteiger partial charge >= 0.3 is 12.0 Å². The molecule has 110 valence electrons. The lowest BCUT2D eigenvalue weighted by Gasteiger charge is -2.25. The van der Waals surface area contributed by atoms with Crippen LogP contribution in [0.5, 0.6) is 0 Å². The zero-order valence-electron chi connectivity index (χ0n) is 11.8. The Morgan fingerprint density at radius 1 is 1.45 bits per heavy atom. The number of aromatic carboxylic acids is 1. The van der Waals surface area contributed by atoms with E-state index in [9.17, 15) is 9.59 Å². The molecule has 1 unspecified atom stereocenters. The van der Waals surface area contributed by atoms with Crippen molar-refractivity contribution in [2.24, 2.45) is 0 Å². The van der Waals surface area contributed by atoms with Crippen molar-refractivity contribution in [3.8, 4) is 0 Å². The number of hydrogen-bond acceptors (Lipinski definition) is 2. The van der Waals surface area contributed by atoms with Gasteiger partial charge in [0.15, 0.2) is 0 Å². The third-order valence-electron chi connectivity index (χ3n) is 3.14. The molecule has 0 bridgehead atoms. The van der Waals surface area contributed by atoms with Crippen LogP contribution in [0.25, 0.3) is 0 Å². The Hall–Kier alpha value is -1.56. The fourth-order valence-electron chi connectivity index (χ4n) is 1.79. The fourth-order valence-corrected chi connectivity index (χ4v) is 2.21. The van der Waals surface area contributed by atoms with Crippen molar-refractivity contribution in [2.75, 3.05) is 12.4 Å². The topological polar surface area (TPSA) is 69.6 Å². The average molecular weight is 343 g/mol. The van der Waals surface area contributed by atoms with Gasteiger partial charge in [0, 0.05) is 23.2 Å². The van der Waals surface area contributed by atoms with E-state index >= 15 is 0 Å². The second-order valence-corrected chi connectivity index (χ2v) is 5.53. The molecule has 0 spiro atoms. The lowest BCUT2D eigenvalue weighted by atomic mass is 10.2. The molecule has 1 aromatic carbocycles. The Morgan fingerprint density at radius 3 is 2.65 bits per heavy atom. The first-order chi connectivity index (χ1) is 9.36. The van der Waals surface area contributed by atoms with E-state index < -0.39 is 5.97 Å². The third-order valence-corrected chi connectivity index (χ3v) is 3.83. The van der Waals surface area contributed by atoms with E-state index in [0.717, 1.165) is 12.8 Å². The van der Waals surface area contributed by atoms with Crippen LogP contribution in [0.4, 0.5) is 10.5 Å². The minimum atomic E-state index is -1.04. The van der Waals surface area contributed by atoms with Crippen LogP contribution < -0.4 is 5.32 Å². The monoisotopic (exact) mass is 342 g/mol. The number of carboxylic acids is 1. The number of benzene rings is 1. The summed E-state index contributed by atoms with van der Waals surface area (Å²) in [5, 5.41) is 11.7. The van der Waals surface area contributed by atoms with Gasteiger partial charge in [-0.2, -0.15) is 0 Å².